The van der Waals surface area contributed by atoms with Gasteiger partial charge in [0.25, 0.3) is 0 Å². The zero-order chi connectivity index (χ0) is 63.5. The maximum Gasteiger partial charge on any atom is 0.361 e. The predicted molar refractivity (Wildman–Crippen MR) is 302 cm³/mol. The Labute approximate surface area is 516 Å². The first-order valence-electron chi connectivity index (χ1n) is 29.1. The average molecular weight is 1320 g/mol. The molecule has 1 aliphatic carbocycles. The highest BCUT2D eigenvalue weighted by atomic mass is 35.5. The SMILES string of the molecule is COCC(CO)(OC[C@H]1O[C@@H](n2ncc3c(N4CC5(CCC(OCCOCCOCCOCCOCc6cn(CCOCCOCCOCCOCCOCCOCCC(=O)Oc7c(F)cc(F)cc7F)nn6)CC5)C4)nc(Cl)nc32)[C@H](O)[C@@H]1O)P(=O)(O)O. The smallest absolute Gasteiger partial charge is 0.361 e. The molecule has 30 nitrogen and oxygen atoms in total. The first-order chi connectivity index (χ1) is 43.0. The maximum absolute atomic E-state index is 13.6. The van der Waals surface area contributed by atoms with E-state index in [4.69, 9.17) is 77.9 Å². The lowest BCUT2D eigenvalue weighted by Crippen LogP contribution is -2.58. The highest BCUT2D eigenvalue weighted by Crippen LogP contribution is 2.52. The van der Waals surface area contributed by atoms with Crippen LogP contribution in [0.25, 0.3) is 11.0 Å². The molecule has 5 heterocycles. The second-order valence-electron chi connectivity index (χ2n) is 21.0. The van der Waals surface area contributed by atoms with Crippen LogP contribution in [-0.4, -0.2) is 268 Å². The molecule has 89 heavy (non-hydrogen) atoms. The van der Waals surface area contributed by atoms with Crippen LogP contribution in [0.15, 0.2) is 24.5 Å². The number of hydrogen-bond acceptors (Lipinski definition) is 26. The summed E-state index contributed by atoms with van der Waals surface area (Å²) in [5.74, 6) is -5.06. The van der Waals surface area contributed by atoms with Gasteiger partial charge in [-0.3, -0.25) is 9.36 Å². The van der Waals surface area contributed by atoms with Gasteiger partial charge in [-0.1, -0.05) is 5.21 Å². The number of rotatable bonds is 46. The Bertz CT molecular complexity index is 2740. The summed E-state index contributed by atoms with van der Waals surface area (Å²) in [7, 11) is -3.88. The van der Waals surface area contributed by atoms with Gasteiger partial charge < -0.3 is 101 Å². The number of nitrogens with zero attached hydrogens (tertiary/aromatic N) is 8. The van der Waals surface area contributed by atoms with E-state index in [2.05, 4.69) is 35.0 Å². The van der Waals surface area contributed by atoms with Crippen LogP contribution in [-0.2, 0) is 88.8 Å². The summed E-state index contributed by atoms with van der Waals surface area (Å²) >= 11 is 6.42. The van der Waals surface area contributed by atoms with Gasteiger partial charge in [-0.15, -0.1) is 5.10 Å². The van der Waals surface area contributed by atoms with E-state index in [-0.39, 0.29) is 48.7 Å². The van der Waals surface area contributed by atoms with Gasteiger partial charge in [-0.25, -0.2) is 22.5 Å². The van der Waals surface area contributed by atoms with Crippen LogP contribution in [0.4, 0.5) is 19.0 Å². The lowest BCUT2D eigenvalue weighted by molar-refractivity contribution is -0.136. The number of esters is 1. The molecule has 1 unspecified atom stereocenters. The molecular formula is C54H81ClF3N8O22P. The minimum absolute atomic E-state index is 0.0540. The molecule has 3 fully saturated rings. The van der Waals surface area contributed by atoms with E-state index >= 15 is 0 Å². The number of hydrogen-bond donors (Lipinski definition) is 5. The largest absolute Gasteiger partial charge is 0.420 e. The molecule has 2 aliphatic heterocycles. The summed E-state index contributed by atoms with van der Waals surface area (Å²) in [5.41, 5.74) is 1.02. The molecule has 35 heteroatoms. The summed E-state index contributed by atoms with van der Waals surface area (Å²) in [4.78, 5) is 42.5. The van der Waals surface area contributed by atoms with E-state index in [1.165, 1.54) is 18.0 Å². The van der Waals surface area contributed by atoms with Crippen molar-refractivity contribution in [2.24, 2.45) is 5.41 Å². The van der Waals surface area contributed by atoms with Crippen molar-refractivity contribution in [1.82, 2.24) is 34.7 Å². The number of fused-ring (bicyclic) bond motifs is 1. The van der Waals surface area contributed by atoms with E-state index in [1.54, 1.807) is 10.9 Å². The molecule has 502 valence electrons. The number of benzene rings is 1. The summed E-state index contributed by atoms with van der Waals surface area (Å²) in [6.07, 6.45) is 1.31. The Morgan fingerprint density at radius 2 is 1.30 bits per heavy atom. The zero-order valence-corrected chi connectivity index (χ0v) is 51.2. The molecule has 2 saturated heterocycles. The number of carbonyl (C=O) groups excluding carboxylic acids is 1. The van der Waals surface area contributed by atoms with Gasteiger partial charge in [0, 0.05) is 37.7 Å². The normalized spacial score (nSPS) is 19.4. The van der Waals surface area contributed by atoms with Gasteiger partial charge in [0.1, 0.15) is 35.6 Å². The molecule has 0 amide bonds. The minimum atomic E-state index is -5.06. The Morgan fingerprint density at radius 1 is 0.764 bits per heavy atom. The number of methoxy groups -OCH3 is 1. The fraction of sp³-hybridized carbons (Fsp3) is 0.741. The van der Waals surface area contributed by atoms with Crippen molar-refractivity contribution in [2.75, 3.05) is 177 Å². The lowest BCUT2D eigenvalue weighted by Gasteiger charge is -2.54. The number of halogens is 4. The van der Waals surface area contributed by atoms with E-state index < -0.39 is 86.5 Å². The van der Waals surface area contributed by atoms with Crippen LogP contribution in [0.2, 0.25) is 5.28 Å². The minimum Gasteiger partial charge on any atom is -0.420 e. The van der Waals surface area contributed by atoms with Crippen molar-refractivity contribution in [2.45, 2.75) is 81.2 Å². The topological polar surface area (TPSA) is 351 Å². The van der Waals surface area contributed by atoms with Crippen LogP contribution in [0.5, 0.6) is 5.75 Å². The molecule has 5 atom stereocenters. The second kappa shape index (κ2) is 37.4. The summed E-state index contributed by atoms with van der Waals surface area (Å²) in [6.45, 7) is 7.21. The third-order valence-corrected chi connectivity index (χ3v) is 16.1. The quantitative estimate of drug-likeness (QED) is 0.0138. The summed E-state index contributed by atoms with van der Waals surface area (Å²) < 4.78 is 138. The number of ether oxygens (including phenoxy) is 15. The molecule has 4 aromatic rings. The lowest BCUT2D eigenvalue weighted by atomic mass is 9.68. The number of aliphatic hydroxyl groups excluding tert-OH is 3. The number of anilines is 1. The van der Waals surface area contributed by atoms with Gasteiger partial charge in [-0.2, -0.15) is 15.1 Å². The molecule has 0 radical (unpaired) electrons. The Kier molecular flexibility index (Phi) is 30.4. The van der Waals surface area contributed by atoms with Gasteiger partial charge >= 0.3 is 13.6 Å². The van der Waals surface area contributed by atoms with Crippen molar-refractivity contribution >= 4 is 42.0 Å². The molecule has 1 aromatic carbocycles. The first kappa shape index (κ1) is 72.2. The Morgan fingerprint density at radius 3 is 1.85 bits per heavy atom. The first-order valence-corrected chi connectivity index (χ1v) is 31.1. The molecule has 0 bridgehead atoms. The zero-order valence-electron chi connectivity index (χ0n) is 49.5. The standard InChI is InChI=1S/C54H81ClF3N8O22P/c1-74-37-54(36-67,89(71,72)73)86-33-44-46(69)47(70)51(87-44)66-50-41(30-59-66)49(60-52(55)61-50)64-34-53(35-64)5-2-40(3-6-53)85-27-26-83-23-22-81-20-21-82-24-25-84-32-39-31-65(63-62-39)7-9-76-11-13-78-15-17-80-19-18-79-16-14-77-12-10-75-8-4-45(68)88-48-42(57)28-38(56)29-43(48)58/h28-31,40,44,46-47,51,67,69-70H,2-27,32-37H2,1H3,(H2,71,72,73)/t44-,46-,47-,51-,54?/m1/s1. The number of aromatic nitrogens is 7. The van der Waals surface area contributed by atoms with Crippen molar-refractivity contribution in [1.29, 1.82) is 0 Å². The van der Waals surface area contributed by atoms with Crippen LogP contribution >= 0.6 is 19.2 Å². The van der Waals surface area contributed by atoms with Crippen molar-refractivity contribution < 1.29 is 119 Å². The van der Waals surface area contributed by atoms with Crippen molar-refractivity contribution in [3.63, 3.8) is 0 Å². The molecule has 1 saturated carbocycles. The Balaban J connectivity index is 0.605. The van der Waals surface area contributed by atoms with Crippen molar-refractivity contribution in [3.8, 4) is 5.75 Å². The van der Waals surface area contributed by atoms with E-state index in [1.807, 2.05) is 0 Å². The van der Waals surface area contributed by atoms with E-state index in [0.717, 1.165) is 38.8 Å². The monoisotopic (exact) mass is 1320 g/mol. The average Bonchev–Trinajstić information content (AvgIpc) is 1.74. The predicted octanol–water partition coefficient (Wildman–Crippen LogP) is 1.76. The molecule has 3 aliphatic rings. The molecule has 7 rings (SSSR count). The summed E-state index contributed by atoms with van der Waals surface area (Å²) in [5, 5.41) is 42.4. The fourth-order valence-corrected chi connectivity index (χ4v) is 10.7. The second-order valence-corrected chi connectivity index (χ2v) is 23.2. The highest BCUT2D eigenvalue weighted by molar-refractivity contribution is 7.53. The third kappa shape index (κ3) is 22.5. The van der Waals surface area contributed by atoms with Gasteiger partial charge in [0.15, 0.2) is 23.5 Å². The van der Waals surface area contributed by atoms with Crippen LogP contribution in [0, 0.1) is 22.9 Å². The van der Waals surface area contributed by atoms with Gasteiger partial charge in [-0.05, 0) is 37.3 Å². The van der Waals surface area contributed by atoms with Crippen LogP contribution in [0.3, 0.4) is 0 Å². The highest BCUT2D eigenvalue weighted by Gasteiger charge is 2.52. The van der Waals surface area contributed by atoms with Crippen molar-refractivity contribution in [3.05, 3.63) is 53.0 Å². The maximum atomic E-state index is 13.6. The van der Waals surface area contributed by atoms with Gasteiger partial charge in [0.2, 0.25) is 16.4 Å². The molecule has 1 spiro atoms. The Hall–Kier alpha value is -4.27. The summed E-state index contributed by atoms with van der Waals surface area (Å²) in [6, 6.07) is 0.838. The third-order valence-electron chi connectivity index (χ3n) is 14.5. The molecular weight excluding hydrogens is 1240 g/mol. The van der Waals surface area contributed by atoms with E-state index in [9.17, 15) is 47.6 Å². The molecule has 5 N–H and O–H groups in total. The van der Waals surface area contributed by atoms with E-state index in [0.29, 0.717) is 154 Å². The van der Waals surface area contributed by atoms with Crippen LogP contribution in [0.1, 0.15) is 44.0 Å². The molecule has 3 aromatic heterocycles. The fourth-order valence-electron chi connectivity index (χ4n) is 9.77. The van der Waals surface area contributed by atoms with Crippen LogP contribution < -0.4 is 9.64 Å². The number of aliphatic hydroxyl groups is 3. The number of carbonyl (C=O) groups is 1. The van der Waals surface area contributed by atoms with Gasteiger partial charge in [0.05, 0.1) is 195 Å².